The van der Waals surface area contributed by atoms with Gasteiger partial charge in [-0.05, 0) is 64.1 Å². The van der Waals surface area contributed by atoms with Crippen molar-refractivity contribution in [3.05, 3.63) is 0 Å². The summed E-state index contributed by atoms with van der Waals surface area (Å²) < 4.78 is 0. The molecule has 0 bridgehead atoms. The van der Waals surface area contributed by atoms with Crippen LogP contribution in [-0.4, -0.2) is 36.6 Å². The number of likely N-dealkylation sites (tertiary alicyclic amines) is 1. The van der Waals surface area contributed by atoms with Gasteiger partial charge in [0.25, 0.3) is 0 Å². The first-order valence-corrected chi connectivity index (χ1v) is 8.78. The predicted octanol–water partition coefficient (Wildman–Crippen LogP) is 3.81. The molecule has 2 nitrogen and oxygen atoms in total. The molecule has 3 atom stereocenters. The van der Waals surface area contributed by atoms with E-state index in [9.17, 15) is 0 Å². The first-order valence-electron chi connectivity index (χ1n) is 8.78. The number of nitrogens with zero attached hydrogens (tertiary/aromatic N) is 1. The van der Waals surface area contributed by atoms with Gasteiger partial charge >= 0.3 is 0 Å². The molecule has 0 aromatic heterocycles. The van der Waals surface area contributed by atoms with E-state index in [0.29, 0.717) is 0 Å². The van der Waals surface area contributed by atoms with Crippen molar-refractivity contribution < 1.29 is 0 Å². The fourth-order valence-corrected chi connectivity index (χ4v) is 3.93. The summed E-state index contributed by atoms with van der Waals surface area (Å²) in [5.74, 6) is 0.926. The van der Waals surface area contributed by atoms with Crippen LogP contribution in [0.15, 0.2) is 0 Å². The fourth-order valence-electron chi connectivity index (χ4n) is 3.93. The maximum absolute atomic E-state index is 3.83. The van der Waals surface area contributed by atoms with Crippen LogP contribution in [0.5, 0.6) is 0 Å². The summed E-state index contributed by atoms with van der Waals surface area (Å²) in [6, 6.07) is 1.57. The molecule has 1 N–H and O–H groups in total. The summed E-state index contributed by atoms with van der Waals surface area (Å²) in [5.41, 5.74) is 0. The summed E-state index contributed by atoms with van der Waals surface area (Å²) >= 11 is 0. The third-order valence-electron chi connectivity index (χ3n) is 5.09. The Labute approximate surface area is 120 Å². The van der Waals surface area contributed by atoms with Gasteiger partial charge in [-0.3, -0.25) is 4.90 Å². The van der Waals surface area contributed by atoms with Crippen LogP contribution in [0.2, 0.25) is 0 Å². The van der Waals surface area contributed by atoms with E-state index in [0.717, 1.165) is 18.0 Å². The normalized spacial score (nSPS) is 34.7. The van der Waals surface area contributed by atoms with Crippen LogP contribution in [0, 0.1) is 5.92 Å². The Bertz CT molecular complexity index is 231. The average Bonchev–Trinajstić information content (AvgIpc) is 2.37. The molecule has 19 heavy (non-hydrogen) atoms. The quantitative estimate of drug-likeness (QED) is 0.832. The molecule has 1 aliphatic heterocycles. The standard InChI is InChI=1S/C17H34N2/c1-3-11-18-16-10-9-15(2)14-17(16)19-12-7-5-4-6-8-13-19/h15-18H,3-14H2,1-2H3. The van der Waals surface area contributed by atoms with Gasteiger partial charge < -0.3 is 5.32 Å². The minimum absolute atomic E-state index is 0.760. The Morgan fingerprint density at radius 1 is 1.00 bits per heavy atom. The molecule has 0 amide bonds. The lowest BCUT2D eigenvalue weighted by Gasteiger charge is -2.43. The van der Waals surface area contributed by atoms with Crippen molar-refractivity contribution in [1.29, 1.82) is 0 Å². The zero-order valence-electron chi connectivity index (χ0n) is 13.2. The SMILES string of the molecule is CCCNC1CCC(C)CC1N1CCCCCCC1. The average molecular weight is 266 g/mol. The molecule has 2 aliphatic rings. The van der Waals surface area contributed by atoms with Gasteiger partial charge in [-0.25, -0.2) is 0 Å². The summed E-state index contributed by atoms with van der Waals surface area (Å²) in [7, 11) is 0. The highest BCUT2D eigenvalue weighted by molar-refractivity contribution is 4.90. The van der Waals surface area contributed by atoms with Crippen LogP contribution in [0.25, 0.3) is 0 Å². The van der Waals surface area contributed by atoms with Gasteiger partial charge in [-0.15, -0.1) is 0 Å². The van der Waals surface area contributed by atoms with E-state index in [-0.39, 0.29) is 0 Å². The highest BCUT2D eigenvalue weighted by atomic mass is 15.2. The monoisotopic (exact) mass is 266 g/mol. The summed E-state index contributed by atoms with van der Waals surface area (Å²) in [5, 5.41) is 3.83. The molecule has 0 spiro atoms. The van der Waals surface area contributed by atoms with Crippen molar-refractivity contribution in [2.24, 2.45) is 5.92 Å². The van der Waals surface area contributed by atoms with Crippen LogP contribution in [0.4, 0.5) is 0 Å². The smallest absolute Gasteiger partial charge is 0.0251 e. The zero-order chi connectivity index (χ0) is 13.5. The Balaban J connectivity index is 1.93. The second kappa shape index (κ2) is 8.26. The summed E-state index contributed by atoms with van der Waals surface area (Å²) in [4.78, 5) is 2.84. The van der Waals surface area contributed by atoms with Gasteiger partial charge in [0.1, 0.15) is 0 Å². The molecule has 1 aliphatic carbocycles. The first kappa shape index (κ1) is 15.3. The second-order valence-electron chi connectivity index (χ2n) is 6.85. The topological polar surface area (TPSA) is 15.3 Å². The number of hydrogen-bond acceptors (Lipinski definition) is 2. The Hall–Kier alpha value is -0.0800. The molecule has 1 saturated heterocycles. The van der Waals surface area contributed by atoms with Crippen LogP contribution in [0.3, 0.4) is 0 Å². The van der Waals surface area contributed by atoms with E-state index in [4.69, 9.17) is 0 Å². The molecular formula is C17H34N2. The number of rotatable bonds is 4. The summed E-state index contributed by atoms with van der Waals surface area (Å²) in [6.45, 7) is 8.63. The second-order valence-corrected chi connectivity index (χ2v) is 6.85. The molecule has 112 valence electrons. The molecule has 2 fully saturated rings. The van der Waals surface area contributed by atoms with Gasteiger partial charge in [-0.2, -0.15) is 0 Å². The van der Waals surface area contributed by atoms with Crippen LogP contribution >= 0.6 is 0 Å². The Kier molecular flexibility index (Phi) is 6.66. The molecule has 1 saturated carbocycles. The molecule has 0 aromatic rings. The minimum Gasteiger partial charge on any atom is -0.312 e. The molecule has 0 radical (unpaired) electrons. The van der Waals surface area contributed by atoms with Gasteiger partial charge in [0.05, 0.1) is 0 Å². The lowest BCUT2D eigenvalue weighted by molar-refractivity contribution is 0.0928. The van der Waals surface area contributed by atoms with Crippen LogP contribution < -0.4 is 5.32 Å². The van der Waals surface area contributed by atoms with Crippen molar-refractivity contribution in [3.8, 4) is 0 Å². The number of nitrogens with one attached hydrogen (secondary N) is 1. The Morgan fingerprint density at radius 2 is 1.68 bits per heavy atom. The number of hydrogen-bond donors (Lipinski definition) is 1. The van der Waals surface area contributed by atoms with E-state index >= 15 is 0 Å². The third-order valence-corrected chi connectivity index (χ3v) is 5.09. The predicted molar refractivity (Wildman–Crippen MR) is 83.5 cm³/mol. The van der Waals surface area contributed by atoms with Crippen molar-refractivity contribution in [3.63, 3.8) is 0 Å². The summed E-state index contributed by atoms with van der Waals surface area (Å²) in [6.07, 6.45) is 12.7. The van der Waals surface area contributed by atoms with Gasteiger partial charge in [0.15, 0.2) is 0 Å². The maximum atomic E-state index is 3.83. The van der Waals surface area contributed by atoms with E-state index in [1.54, 1.807) is 0 Å². The van der Waals surface area contributed by atoms with Crippen LogP contribution in [-0.2, 0) is 0 Å². The van der Waals surface area contributed by atoms with E-state index in [1.807, 2.05) is 0 Å². The largest absolute Gasteiger partial charge is 0.312 e. The van der Waals surface area contributed by atoms with Crippen molar-refractivity contribution >= 4 is 0 Å². The van der Waals surface area contributed by atoms with Crippen molar-refractivity contribution in [2.45, 2.75) is 83.7 Å². The molecular weight excluding hydrogens is 232 g/mol. The lowest BCUT2D eigenvalue weighted by Crippen LogP contribution is -2.53. The lowest BCUT2D eigenvalue weighted by atomic mass is 9.82. The van der Waals surface area contributed by atoms with E-state index < -0.39 is 0 Å². The minimum atomic E-state index is 0.760. The van der Waals surface area contributed by atoms with Crippen LogP contribution in [0.1, 0.15) is 71.6 Å². The highest BCUT2D eigenvalue weighted by Crippen LogP contribution is 2.29. The van der Waals surface area contributed by atoms with E-state index in [2.05, 4.69) is 24.1 Å². The Morgan fingerprint density at radius 3 is 2.37 bits per heavy atom. The molecule has 1 heterocycles. The van der Waals surface area contributed by atoms with E-state index in [1.165, 1.54) is 77.4 Å². The van der Waals surface area contributed by atoms with Gasteiger partial charge in [-0.1, -0.05) is 33.1 Å². The highest BCUT2D eigenvalue weighted by Gasteiger charge is 2.32. The van der Waals surface area contributed by atoms with Gasteiger partial charge in [0, 0.05) is 12.1 Å². The maximum Gasteiger partial charge on any atom is 0.0251 e. The van der Waals surface area contributed by atoms with Crippen molar-refractivity contribution in [2.75, 3.05) is 19.6 Å². The van der Waals surface area contributed by atoms with Crippen molar-refractivity contribution in [1.82, 2.24) is 10.2 Å². The molecule has 2 rings (SSSR count). The fraction of sp³-hybridized carbons (Fsp3) is 1.00. The third kappa shape index (κ3) is 4.75. The first-order chi connectivity index (χ1) is 9.31. The van der Waals surface area contributed by atoms with Gasteiger partial charge in [0.2, 0.25) is 0 Å². The molecule has 0 aromatic carbocycles. The zero-order valence-corrected chi connectivity index (χ0v) is 13.2. The molecule has 2 heteroatoms. The molecule has 3 unspecified atom stereocenters.